The van der Waals surface area contributed by atoms with Gasteiger partial charge >= 0.3 is 6.09 Å². The first-order chi connectivity index (χ1) is 4.48. The molecular weight excluding hydrogens is 130 g/mol. The fraction of sp³-hybridized carbons (Fsp3) is 0.571. The second-order valence-corrected chi connectivity index (χ2v) is 2.64. The number of terminal acetylenes is 1. The van der Waals surface area contributed by atoms with E-state index in [4.69, 9.17) is 12.2 Å². The van der Waals surface area contributed by atoms with Crippen LogP contribution >= 0.6 is 0 Å². The molecule has 0 fully saturated rings. The molecule has 0 saturated carbocycles. The van der Waals surface area contributed by atoms with E-state index in [0.29, 0.717) is 0 Å². The van der Waals surface area contributed by atoms with E-state index in [9.17, 15) is 4.79 Å². The number of ether oxygens (including phenoxy) is 1. The van der Waals surface area contributed by atoms with Crippen LogP contribution in [0.5, 0.6) is 0 Å². The molecule has 0 saturated heterocycles. The number of nitrogens with two attached hydrogens (primary N) is 1. The van der Waals surface area contributed by atoms with Crippen LogP contribution in [-0.2, 0) is 4.74 Å². The van der Waals surface area contributed by atoms with Crippen molar-refractivity contribution >= 4 is 6.09 Å². The Morgan fingerprint density at radius 1 is 1.80 bits per heavy atom. The normalized spacial score (nSPS) is 10.1. The minimum Gasteiger partial charge on any atom is -0.448 e. The van der Waals surface area contributed by atoms with Crippen molar-refractivity contribution in [1.82, 2.24) is 0 Å². The number of hydrogen-bond acceptors (Lipinski definition) is 2. The Bertz CT molecular complexity index is 167. The molecule has 0 radical (unpaired) electrons. The Morgan fingerprint density at radius 2 is 2.30 bits per heavy atom. The predicted octanol–water partition coefficient (Wildman–Crippen LogP) is 0.741. The number of carbonyl (C=O) groups excluding carboxylic acids is 1. The van der Waals surface area contributed by atoms with Gasteiger partial charge in [0.2, 0.25) is 0 Å². The van der Waals surface area contributed by atoms with E-state index in [1.54, 1.807) is 13.8 Å². The minimum atomic E-state index is -0.789. The third-order valence-corrected chi connectivity index (χ3v) is 0.966. The van der Waals surface area contributed by atoms with Crippen LogP contribution < -0.4 is 5.73 Å². The molecule has 56 valence electrons. The van der Waals surface area contributed by atoms with Gasteiger partial charge in [-0.3, -0.25) is 0 Å². The van der Waals surface area contributed by atoms with Crippen LogP contribution in [0.4, 0.5) is 4.79 Å². The number of amides is 1. The van der Waals surface area contributed by atoms with Crippen molar-refractivity contribution in [3.8, 4) is 12.3 Å². The van der Waals surface area contributed by atoms with Gasteiger partial charge < -0.3 is 10.5 Å². The molecule has 0 aromatic heterocycles. The summed E-state index contributed by atoms with van der Waals surface area (Å²) in [7, 11) is 0. The average molecular weight is 141 g/mol. The summed E-state index contributed by atoms with van der Waals surface area (Å²) in [5.74, 6) is 2.46. The lowest BCUT2D eigenvalue weighted by Crippen LogP contribution is -2.23. The molecule has 1 amide bonds. The van der Waals surface area contributed by atoms with Gasteiger partial charge in [-0.2, -0.15) is 0 Å². The van der Waals surface area contributed by atoms with Crippen LogP contribution in [0.15, 0.2) is 0 Å². The first kappa shape index (κ1) is 8.83. The first-order valence-electron chi connectivity index (χ1n) is 2.88. The third-order valence-electron chi connectivity index (χ3n) is 0.966. The standard InChI is InChI=1S/C7H11NO2/c1-4-7(2,3)5-10-6(8)9/h1H,5H2,2-3H3,(H2,8,9). The van der Waals surface area contributed by atoms with E-state index >= 15 is 0 Å². The van der Waals surface area contributed by atoms with E-state index in [0.717, 1.165) is 0 Å². The van der Waals surface area contributed by atoms with Gasteiger partial charge in [-0.05, 0) is 13.8 Å². The Kier molecular flexibility index (Phi) is 2.75. The molecular formula is C7H11NO2. The molecule has 0 aliphatic carbocycles. The van der Waals surface area contributed by atoms with E-state index in [1.807, 2.05) is 0 Å². The average Bonchev–Trinajstić information content (AvgIpc) is 1.85. The zero-order valence-corrected chi connectivity index (χ0v) is 6.18. The topological polar surface area (TPSA) is 52.3 Å². The molecule has 0 atom stereocenters. The highest BCUT2D eigenvalue weighted by molar-refractivity contribution is 5.64. The fourth-order valence-corrected chi connectivity index (χ4v) is 0.293. The van der Waals surface area contributed by atoms with Gasteiger partial charge in [0.25, 0.3) is 0 Å². The van der Waals surface area contributed by atoms with E-state index in [1.165, 1.54) is 0 Å². The predicted molar refractivity (Wildman–Crippen MR) is 38.1 cm³/mol. The van der Waals surface area contributed by atoms with Crippen LogP contribution in [0.25, 0.3) is 0 Å². The Balaban J connectivity index is 3.71. The molecule has 0 spiro atoms. The quantitative estimate of drug-likeness (QED) is 0.576. The van der Waals surface area contributed by atoms with E-state index in [2.05, 4.69) is 10.7 Å². The zero-order chi connectivity index (χ0) is 8.20. The Morgan fingerprint density at radius 3 is 2.60 bits per heavy atom. The molecule has 3 nitrogen and oxygen atoms in total. The summed E-state index contributed by atoms with van der Waals surface area (Å²) < 4.78 is 4.49. The highest BCUT2D eigenvalue weighted by atomic mass is 16.5. The van der Waals surface area contributed by atoms with Gasteiger partial charge in [-0.15, -0.1) is 6.42 Å². The molecule has 0 rings (SSSR count). The summed E-state index contributed by atoms with van der Waals surface area (Å²) in [6, 6.07) is 0. The molecule has 0 aromatic rings. The third kappa shape index (κ3) is 3.79. The SMILES string of the molecule is C#CC(C)(C)COC(N)=O. The summed E-state index contributed by atoms with van der Waals surface area (Å²) in [6.07, 6.45) is 4.32. The summed E-state index contributed by atoms with van der Waals surface area (Å²) in [6.45, 7) is 3.74. The summed E-state index contributed by atoms with van der Waals surface area (Å²) in [4.78, 5) is 10.1. The zero-order valence-electron chi connectivity index (χ0n) is 6.18. The van der Waals surface area contributed by atoms with Gasteiger partial charge in [-0.25, -0.2) is 4.79 Å². The van der Waals surface area contributed by atoms with Crippen LogP contribution in [0.2, 0.25) is 0 Å². The lowest BCUT2D eigenvalue weighted by Gasteiger charge is -2.15. The van der Waals surface area contributed by atoms with Crippen molar-refractivity contribution < 1.29 is 9.53 Å². The molecule has 0 aliphatic rings. The number of primary amides is 1. The number of hydrogen-bond donors (Lipinski definition) is 1. The van der Waals surface area contributed by atoms with Gasteiger partial charge in [0, 0.05) is 0 Å². The highest BCUT2D eigenvalue weighted by Crippen LogP contribution is 2.12. The molecule has 0 heterocycles. The second-order valence-electron chi connectivity index (χ2n) is 2.64. The maximum atomic E-state index is 10.1. The largest absolute Gasteiger partial charge is 0.448 e. The minimum absolute atomic E-state index is 0.166. The summed E-state index contributed by atoms with van der Waals surface area (Å²) in [5.41, 5.74) is 4.30. The van der Waals surface area contributed by atoms with Crippen molar-refractivity contribution in [2.45, 2.75) is 13.8 Å². The van der Waals surface area contributed by atoms with Crippen LogP contribution in [0, 0.1) is 17.8 Å². The molecule has 0 aliphatic heterocycles. The van der Waals surface area contributed by atoms with Gasteiger partial charge in [-0.1, -0.05) is 5.92 Å². The van der Waals surface area contributed by atoms with Crippen molar-refractivity contribution in [1.29, 1.82) is 0 Å². The van der Waals surface area contributed by atoms with E-state index in [-0.39, 0.29) is 6.61 Å². The molecule has 10 heavy (non-hydrogen) atoms. The monoisotopic (exact) mass is 141 g/mol. The van der Waals surface area contributed by atoms with Crippen molar-refractivity contribution in [3.63, 3.8) is 0 Å². The smallest absolute Gasteiger partial charge is 0.404 e. The molecule has 0 unspecified atom stereocenters. The number of carbonyl (C=O) groups is 1. The molecule has 3 heteroatoms. The summed E-state index contributed by atoms with van der Waals surface area (Å²) >= 11 is 0. The highest BCUT2D eigenvalue weighted by Gasteiger charge is 2.15. The van der Waals surface area contributed by atoms with Gasteiger partial charge in [0.05, 0.1) is 5.41 Å². The number of rotatable bonds is 2. The lowest BCUT2D eigenvalue weighted by atomic mass is 9.97. The van der Waals surface area contributed by atoms with E-state index < -0.39 is 11.5 Å². The molecule has 0 aromatic carbocycles. The van der Waals surface area contributed by atoms with Gasteiger partial charge in [0.1, 0.15) is 6.61 Å². The van der Waals surface area contributed by atoms with Crippen LogP contribution in [0.3, 0.4) is 0 Å². The van der Waals surface area contributed by atoms with Crippen molar-refractivity contribution in [2.75, 3.05) is 6.61 Å². The lowest BCUT2D eigenvalue weighted by molar-refractivity contribution is 0.128. The Labute approximate surface area is 60.5 Å². The van der Waals surface area contributed by atoms with Crippen LogP contribution in [0.1, 0.15) is 13.8 Å². The van der Waals surface area contributed by atoms with Crippen molar-refractivity contribution in [3.05, 3.63) is 0 Å². The fourth-order valence-electron chi connectivity index (χ4n) is 0.293. The van der Waals surface area contributed by atoms with Gasteiger partial charge in [0.15, 0.2) is 0 Å². The van der Waals surface area contributed by atoms with Crippen molar-refractivity contribution in [2.24, 2.45) is 11.1 Å². The first-order valence-corrected chi connectivity index (χ1v) is 2.88. The summed E-state index contributed by atoms with van der Waals surface area (Å²) in [5, 5.41) is 0. The second kappa shape index (κ2) is 3.11. The maximum Gasteiger partial charge on any atom is 0.404 e. The molecule has 0 bridgehead atoms. The Hall–Kier alpha value is -1.17. The molecule has 2 N–H and O–H groups in total. The van der Waals surface area contributed by atoms with Crippen LogP contribution in [-0.4, -0.2) is 12.7 Å². The maximum absolute atomic E-state index is 10.1.